The fourth-order valence-electron chi connectivity index (χ4n) is 6.64. The lowest BCUT2D eigenvalue weighted by atomic mass is 10.00. The Balaban J connectivity index is 1.13. The van der Waals surface area contributed by atoms with Gasteiger partial charge in [0.1, 0.15) is 11.2 Å². The average Bonchev–Trinajstić information content (AvgIpc) is 3.52. The molecule has 3 heteroatoms. The SMILES string of the molecule is c1ccc(-c2ccc(-c3ccc(N(c4ccc(-c5ccccc5)cc4)c4ccc5oc6cc7cccnc7cc6c5c4)cc3)cc2)cc1. The molecule has 3 nitrogen and oxygen atoms in total. The summed E-state index contributed by atoms with van der Waals surface area (Å²) in [5.74, 6) is 0. The minimum absolute atomic E-state index is 0.859. The van der Waals surface area contributed by atoms with Crippen LogP contribution in [0.3, 0.4) is 0 Å². The number of hydrogen-bond acceptors (Lipinski definition) is 3. The molecule has 0 spiro atoms. The summed E-state index contributed by atoms with van der Waals surface area (Å²) < 4.78 is 6.33. The lowest BCUT2D eigenvalue weighted by Gasteiger charge is -2.26. The van der Waals surface area contributed by atoms with Crippen LogP contribution in [0.1, 0.15) is 0 Å². The predicted molar refractivity (Wildman–Crippen MR) is 200 cm³/mol. The topological polar surface area (TPSA) is 29.3 Å². The third-order valence-corrected chi connectivity index (χ3v) is 9.12. The van der Waals surface area contributed by atoms with Crippen LogP contribution in [0.15, 0.2) is 187 Å². The Kier molecular flexibility index (Phi) is 6.80. The molecule has 0 aliphatic heterocycles. The smallest absolute Gasteiger partial charge is 0.136 e. The molecule has 0 saturated carbocycles. The van der Waals surface area contributed by atoms with Gasteiger partial charge in [0.2, 0.25) is 0 Å². The Morgan fingerprint density at radius 3 is 1.42 bits per heavy atom. The Bertz CT molecular complexity index is 2520. The van der Waals surface area contributed by atoms with Gasteiger partial charge in [-0.05, 0) is 94.0 Å². The van der Waals surface area contributed by atoms with Gasteiger partial charge >= 0.3 is 0 Å². The quantitative estimate of drug-likeness (QED) is 0.187. The first kappa shape index (κ1) is 27.8. The highest BCUT2D eigenvalue weighted by atomic mass is 16.3. The predicted octanol–water partition coefficient (Wildman–Crippen LogP) is 12.6. The second-order valence-electron chi connectivity index (χ2n) is 12.1. The third-order valence-electron chi connectivity index (χ3n) is 9.12. The molecule has 0 N–H and O–H groups in total. The van der Waals surface area contributed by atoms with E-state index in [2.05, 4.69) is 180 Å². The zero-order valence-corrected chi connectivity index (χ0v) is 26.1. The number of hydrogen-bond donors (Lipinski definition) is 0. The molecular weight excluding hydrogens is 585 g/mol. The number of anilines is 3. The van der Waals surface area contributed by atoms with Crippen LogP contribution < -0.4 is 4.90 Å². The molecule has 0 atom stereocenters. The highest BCUT2D eigenvalue weighted by molar-refractivity contribution is 6.10. The Morgan fingerprint density at radius 2 is 0.854 bits per heavy atom. The summed E-state index contributed by atoms with van der Waals surface area (Å²) in [7, 11) is 0. The van der Waals surface area contributed by atoms with E-state index >= 15 is 0 Å². The van der Waals surface area contributed by atoms with Crippen LogP contribution in [0, 0.1) is 0 Å². The molecule has 0 aliphatic rings. The fraction of sp³-hybridized carbons (Fsp3) is 0. The first-order valence-corrected chi connectivity index (χ1v) is 16.2. The second kappa shape index (κ2) is 11.7. The molecule has 0 bridgehead atoms. The van der Waals surface area contributed by atoms with Crippen LogP contribution in [-0.2, 0) is 0 Å². The van der Waals surface area contributed by atoms with Gasteiger partial charge in [0.05, 0.1) is 5.52 Å². The number of rotatable bonds is 6. The average molecular weight is 615 g/mol. The number of fused-ring (bicyclic) bond motifs is 4. The van der Waals surface area contributed by atoms with Crippen molar-refractivity contribution in [2.75, 3.05) is 4.90 Å². The minimum atomic E-state index is 0.859. The number of furan rings is 1. The van der Waals surface area contributed by atoms with Crippen LogP contribution in [0.4, 0.5) is 17.1 Å². The highest BCUT2D eigenvalue weighted by Gasteiger charge is 2.17. The summed E-state index contributed by atoms with van der Waals surface area (Å²) >= 11 is 0. The van der Waals surface area contributed by atoms with Crippen LogP contribution in [0.25, 0.3) is 66.2 Å². The van der Waals surface area contributed by atoms with Gasteiger partial charge in [-0.3, -0.25) is 4.98 Å². The van der Waals surface area contributed by atoms with Gasteiger partial charge in [0.15, 0.2) is 0 Å². The zero-order chi connectivity index (χ0) is 31.9. The Hall–Kier alpha value is -6.45. The van der Waals surface area contributed by atoms with E-state index in [1.165, 1.54) is 33.4 Å². The molecule has 0 radical (unpaired) electrons. The number of pyridine rings is 1. The van der Waals surface area contributed by atoms with Gasteiger partial charge in [0.25, 0.3) is 0 Å². The van der Waals surface area contributed by atoms with E-state index in [0.29, 0.717) is 0 Å². The molecule has 9 rings (SSSR count). The monoisotopic (exact) mass is 614 g/mol. The van der Waals surface area contributed by atoms with E-state index in [1.54, 1.807) is 0 Å². The lowest BCUT2D eigenvalue weighted by molar-refractivity contribution is 0.669. The maximum Gasteiger partial charge on any atom is 0.136 e. The van der Waals surface area contributed by atoms with Crippen LogP contribution in [0.5, 0.6) is 0 Å². The number of benzene rings is 7. The van der Waals surface area contributed by atoms with Crippen molar-refractivity contribution >= 4 is 49.9 Å². The van der Waals surface area contributed by atoms with E-state index in [-0.39, 0.29) is 0 Å². The second-order valence-corrected chi connectivity index (χ2v) is 12.1. The zero-order valence-electron chi connectivity index (χ0n) is 26.1. The fourth-order valence-corrected chi connectivity index (χ4v) is 6.64. The van der Waals surface area contributed by atoms with Crippen LogP contribution in [-0.4, -0.2) is 4.98 Å². The first-order valence-electron chi connectivity index (χ1n) is 16.2. The van der Waals surface area contributed by atoms with E-state index in [4.69, 9.17) is 4.42 Å². The van der Waals surface area contributed by atoms with Crippen molar-refractivity contribution < 1.29 is 4.42 Å². The summed E-state index contributed by atoms with van der Waals surface area (Å²) in [4.78, 5) is 6.92. The lowest BCUT2D eigenvalue weighted by Crippen LogP contribution is -2.09. The molecule has 48 heavy (non-hydrogen) atoms. The van der Waals surface area contributed by atoms with Crippen LogP contribution >= 0.6 is 0 Å². The summed E-state index contributed by atoms with van der Waals surface area (Å²) in [6.07, 6.45) is 1.84. The van der Waals surface area contributed by atoms with E-state index in [9.17, 15) is 0 Å². The summed E-state index contributed by atoms with van der Waals surface area (Å²) in [6.45, 7) is 0. The Morgan fingerprint density at radius 1 is 0.375 bits per heavy atom. The van der Waals surface area contributed by atoms with E-state index in [0.717, 1.165) is 49.9 Å². The summed E-state index contributed by atoms with van der Waals surface area (Å²) in [5.41, 5.74) is 13.1. The molecule has 0 aliphatic carbocycles. The maximum absolute atomic E-state index is 6.33. The number of nitrogens with zero attached hydrogens (tertiary/aromatic N) is 2. The van der Waals surface area contributed by atoms with Crippen molar-refractivity contribution in [3.8, 4) is 33.4 Å². The Labute approximate surface area is 279 Å². The van der Waals surface area contributed by atoms with Crippen molar-refractivity contribution in [2.24, 2.45) is 0 Å². The summed E-state index contributed by atoms with van der Waals surface area (Å²) in [5, 5.41) is 3.20. The molecule has 226 valence electrons. The summed E-state index contributed by atoms with van der Waals surface area (Å²) in [6, 6.07) is 62.1. The van der Waals surface area contributed by atoms with Gasteiger partial charge in [-0.25, -0.2) is 0 Å². The largest absolute Gasteiger partial charge is 0.456 e. The van der Waals surface area contributed by atoms with Gasteiger partial charge in [-0.15, -0.1) is 0 Å². The molecule has 2 aromatic heterocycles. The van der Waals surface area contributed by atoms with Gasteiger partial charge in [-0.1, -0.05) is 115 Å². The van der Waals surface area contributed by atoms with Crippen LogP contribution in [0.2, 0.25) is 0 Å². The molecular formula is C45H30N2O. The normalized spacial score (nSPS) is 11.3. The maximum atomic E-state index is 6.33. The van der Waals surface area contributed by atoms with E-state index in [1.807, 2.05) is 12.3 Å². The first-order chi connectivity index (χ1) is 23.8. The number of aromatic nitrogens is 1. The minimum Gasteiger partial charge on any atom is -0.456 e. The molecule has 0 unspecified atom stereocenters. The molecule has 2 heterocycles. The third kappa shape index (κ3) is 5.08. The van der Waals surface area contributed by atoms with Crippen molar-refractivity contribution in [1.82, 2.24) is 4.98 Å². The molecule has 9 aromatic rings. The van der Waals surface area contributed by atoms with Gasteiger partial charge < -0.3 is 9.32 Å². The van der Waals surface area contributed by atoms with Gasteiger partial charge in [0, 0.05) is 39.4 Å². The van der Waals surface area contributed by atoms with Gasteiger partial charge in [-0.2, -0.15) is 0 Å². The highest BCUT2D eigenvalue weighted by Crippen LogP contribution is 2.40. The van der Waals surface area contributed by atoms with Crippen molar-refractivity contribution in [3.05, 3.63) is 182 Å². The molecule has 0 fully saturated rings. The molecule has 7 aromatic carbocycles. The van der Waals surface area contributed by atoms with Crippen molar-refractivity contribution in [1.29, 1.82) is 0 Å². The van der Waals surface area contributed by atoms with Crippen molar-refractivity contribution in [3.63, 3.8) is 0 Å². The molecule has 0 saturated heterocycles. The van der Waals surface area contributed by atoms with Crippen molar-refractivity contribution in [2.45, 2.75) is 0 Å². The molecule has 0 amide bonds. The van der Waals surface area contributed by atoms with E-state index < -0.39 is 0 Å². The standard InChI is InChI=1S/C45H30N2O/c1-3-8-31(9-4-1)33-13-15-34(16-14-33)36-19-23-39(24-20-36)47(38-21-17-35(18-22-38)32-10-5-2-6-11-32)40-25-26-44-41(29-40)42-30-43-37(12-7-27-46-43)28-45(42)48-44/h1-30H.